The molecule has 12 heteroatoms. The van der Waals surface area contributed by atoms with E-state index in [1.54, 1.807) is 0 Å². The Kier molecular flexibility index (Phi) is 5.32. The number of thiazole rings is 1. The van der Waals surface area contributed by atoms with Crippen LogP contribution in [-0.4, -0.2) is 31.5 Å². The van der Waals surface area contributed by atoms with E-state index in [1.807, 2.05) is 0 Å². The zero-order chi connectivity index (χ0) is 18.8. The van der Waals surface area contributed by atoms with Crippen molar-refractivity contribution < 1.29 is 39.7 Å². The van der Waals surface area contributed by atoms with Gasteiger partial charge in [-0.1, -0.05) is 12.1 Å². The molecular weight excluding hydrogens is 390 g/mol. The highest BCUT2D eigenvalue weighted by molar-refractivity contribution is 7.88. The molecule has 0 aliphatic rings. The van der Waals surface area contributed by atoms with E-state index in [4.69, 9.17) is 0 Å². The highest BCUT2D eigenvalue weighted by atomic mass is 32.2. The lowest BCUT2D eigenvalue weighted by molar-refractivity contribution is -0.0501. The fourth-order valence-electron chi connectivity index (χ4n) is 1.58. The van der Waals surface area contributed by atoms with Crippen LogP contribution in [0.25, 0.3) is 10.6 Å². The van der Waals surface area contributed by atoms with Gasteiger partial charge in [0.1, 0.15) is 10.8 Å². The maximum Gasteiger partial charge on any atom is 0.534 e. The Bertz CT molecular complexity index is 892. The number of esters is 1. The van der Waals surface area contributed by atoms with Crippen LogP contribution in [0.2, 0.25) is 0 Å². The van der Waals surface area contributed by atoms with Crippen molar-refractivity contribution in [3.8, 4) is 16.5 Å². The number of alkyl halides is 3. The third kappa shape index (κ3) is 4.25. The second-order valence-corrected chi connectivity index (χ2v) is 6.90. The Morgan fingerprint density at radius 1 is 1.32 bits per heavy atom. The van der Waals surface area contributed by atoms with Gasteiger partial charge in [-0.05, 0) is 19.1 Å². The number of rotatable bonds is 5. The second-order valence-electron chi connectivity index (χ2n) is 4.37. The van der Waals surface area contributed by atoms with E-state index < -0.39 is 38.2 Å². The van der Waals surface area contributed by atoms with E-state index in [0.29, 0.717) is 11.3 Å². The molecule has 25 heavy (non-hydrogen) atoms. The minimum atomic E-state index is -6.04. The third-order valence-electron chi connectivity index (χ3n) is 2.60. The number of carbonyl (C=O) groups is 1. The first-order valence-electron chi connectivity index (χ1n) is 6.50. The maximum absolute atomic E-state index is 13.3. The van der Waals surface area contributed by atoms with Crippen LogP contribution in [0, 0.1) is 5.82 Å². The number of carbonyl (C=O) groups excluding carboxylic acids is 1. The molecule has 0 atom stereocenters. The van der Waals surface area contributed by atoms with E-state index in [0.717, 1.165) is 12.1 Å². The number of nitrogens with zero attached hydrogens (tertiary/aromatic N) is 1. The van der Waals surface area contributed by atoms with Crippen molar-refractivity contribution >= 4 is 27.4 Å². The van der Waals surface area contributed by atoms with E-state index in [1.165, 1.54) is 19.1 Å². The van der Waals surface area contributed by atoms with Crippen LogP contribution in [0.3, 0.4) is 0 Å². The topological polar surface area (TPSA) is 82.6 Å². The average Bonchev–Trinajstić information content (AvgIpc) is 2.89. The molecule has 0 fully saturated rings. The van der Waals surface area contributed by atoms with Gasteiger partial charge in [-0.15, -0.1) is 11.3 Å². The molecule has 1 aromatic carbocycles. The quantitative estimate of drug-likeness (QED) is 0.332. The third-order valence-corrected chi connectivity index (χ3v) is 4.61. The SMILES string of the molecule is CCOC(=O)c1sc(-c2cccc(F)c2)nc1OS(=O)(=O)C(F)(F)F. The Hall–Kier alpha value is -2.21. The Balaban J connectivity index is 2.52. The van der Waals surface area contributed by atoms with Crippen LogP contribution in [0.5, 0.6) is 5.88 Å². The molecule has 1 aromatic heterocycles. The van der Waals surface area contributed by atoms with Gasteiger partial charge in [-0.25, -0.2) is 9.18 Å². The summed E-state index contributed by atoms with van der Waals surface area (Å²) < 4.78 is 81.6. The lowest BCUT2D eigenvalue weighted by Crippen LogP contribution is -2.28. The fraction of sp³-hybridized carbons (Fsp3) is 0.231. The predicted molar refractivity (Wildman–Crippen MR) is 79.1 cm³/mol. The number of halogens is 4. The Morgan fingerprint density at radius 2 is 2.00 bits per heavy atom. The first kappa shape index (κ1) is 19.1. The monoisotopic (exact) mass is 399 g/mol. The van der Waals surface area contributed by atoms with Crippen molar-refractivity contribution in [1.82, 2.24) is 4.98 Å². The predicted octanol–water partition coefficient (Wildman–Crippen LogP) is 3.35. The molecular formula is C13H9F4NO5S2. The molecule has 0 N–H and O–H groups in total. The van der Waals surface area contributed by atoms with Crippen LogP contribution < -0.4 is 4.18 Å². The van der Waals surface area contributed by atoms with Gasteiger partial charge in [0, 0.05) is 5.56 Å². The van der Waals surface area contributed by atoms with E-state index in [-0.39, 0.29) is 17.2 Å². The first-order chi connectivity index (χ1) is 11.5. The summed E-state index contributed by atoms with van der Waals surface area (Å²) in [6.45, 7) is 1.33. The van der Waals surface area contributed by atoms with Crippen molar-refractivity contribution in [2.45, 2.75) is 12.4 Å². The zero-order valence-corrected chi connectivity index (χ0v) is 14.0. The molecule has 0 radical (unpaired) electrons. The first-order valence-corrected chi connectivity index (χ1v) is 8.72. The lowest BCUT2D eigenvalue weighted by atomic mass is 10.2. The molecule has 2 aromatic rings. The number of benzene rings is 1. The lowest BCUT2D eigenvalue weighted by Gasteiger charge is -2.08. The van der Waals surface area contributed by atoms with Gasteiger partial charge in [-0.3, -0.25) is 0 Å². The summed E-state index contributed by atoms with van der Waals surface area (Å²) in [6, 6.07) is 4.81. The largest absolute Gasteiger partial charge is 0.534 e. The molecule has 0 bridgehead atoms. The molecule has 0 aliphatic heterocycles. The van der Waals surface area contributed by atoms with Gasteiger partial charge in [0.2, 0.25) is 0 Å². The molecule has 0 saturated heterocycles. The average molecular weight is 399 g/mol. The number of ether oxygens (including phenoxy) is 1. The molecule has 0 aliphatic carbocycles. The van der Waals surface area contributed by atoms with Crippen LogP contribution >= 0.6 is 11.3 Å². The number of hydrogen-bond donors (Lipinski definition) is 0. The van der Waals surface area contributed by atoms with Crippen molar-refractivity contribution in [3.05, 3.63) is 35.0 Å². The van der Waals surface area contributed by atoms with Gasteiger partial charge in [0.15, 0.2) is 4.88 Å². The van der Waals surface area contributed by atoms with E-state index >= 15 is 0 Å². The molecule has 0 unspecified atom stereocenters. The normalized spacial score (nSPS) is 12.0. The van der Waals surface area contributed by atoms with Crippen LogP contribution in [-0.2, 0) is 14.9 Å². The standard InChI is InChI=1S/C13H9F4NO5S2/c1-2-22-12(19)9-10(23-25(20,21)13(15,16)17)18-11(24-9)7-4-3-5-8(14)6-7/h3-6H,2H2,1H3. The van der Waals surface area contributed by atoms with Crippen LogP contribution in [0.4, 0.5) is 17.6 Å². The molecule has 0 saturated carbocycles. The fourth-order valence-corrected chi connectivity index (χ4v) is 2.94. The van der Waals surface area contributed by atoms with Gasteiger partial charge in [0.05, 0.1) is 6.61 Å². The van der Waals surface area contributed by atoms with Gasteiger partial charge >= 0.3 is 21.6 Å². The van der Waals surface area contributed by atoms with Gasteiger partial charge in [-0.2, -0.15) is 26.6 Å². The minimum Gasteiger partial charge on any atom is -0.462 e. The molecule has 1 heterocycles. The Morgan fingerprint density at radius 3 is 2.56 bits per heavy atom. The minimum absolute atomic E-state index is 0.114. The molecule has 136 valence electrons. The second kappa shape index (κ2) is 6.96. The molecule has 0 spiro atoms. The number of hydrogen-bond acceptors (Lipinski definition) is 7. The number of aromatic nitrogens is 1. The summed E-state index contributed by atoms with van der Waals surface area (Å²) in [5, 5.41) is -0.116. The zero-order valence-electron chi connectivity index (χ0n) is 12.3. The summed E-state index contributed by atoms with van der Waals surface area (Å²) in [5.74, 6) is -2.86. The van der Waals surface area contributed by atoms with E-state index in [2.05, 4.69) is 13.9 Å². The van der Waals surface area contributed by atoms with Gasteiger partial charge < -0.3 is 8.92 Å². The molecule has 0 amide bonds. The van der Waals surface area contributed by atoms with Crippen LogP contribution in [0.1, 0.15) is 16.6 Å². The smallest absolute Gasteiger partial charge is 0.462 e. The van der Waals surface area contributed by atoms with Crippen molar-refractivity contribution in [3.63, 3.8) is 0 Å². The molecule has 2 rings (SSSR count). The van der Waals surface area contributed by atoms with Crippen molar-refractivity contribution in [1.29, 1.82) is 0 Å². The summed E-state index contributed by atoms with van der Waals surface area (Å²) in [6.07, 6.45) is 0. The van der Waals surface area contributed by atoms with Crippen molar-refractivity contribution in [2.75, 3.05) is 6.61 Å². The van der Waals surface area contributed by atoms with Crippen molar-refractivity contribution in [2.24, 2.45) is 0 Å². The summed E-state index contributed by atoms with van der Waals surface area (Å²) >= 11 is 0.512. The summed E-state index contributed by atoms with van der Waals surface area (Å²) in [7, 11) is -6.04. The summed E-state index contributed by atoms with van der Waals surface area (Å²) in [4.78, 5) is 14.8. The van der Waals surface area contributed by atoms with E-state index in [9.17, 15) is 30.8 Å². The summed E-state index contributed by atoms with van der Waals surface area (Å²) in [5.41, 5.74) is -5.59. The maximum atomic E-state index is 13.3. The van der Waals surface area contributed by atoms with Gasteiger partial charge in [0.25, 0.3) is 5.88 Å². The highest BCUT2D eigenvalue weighted by Crippen LogP contribution is 2.36. The highest BCUT2D eigenvalue weighted by Gasteiger charge is 2.49. The molecule has 6 nitrogen and oxygen atoms in total. The van der Waals surface area contributed by atoms with Crippen LogP contribution in [0.15, 0.2) is 24.3 Å². The Labute approximate surface area is 143 Å².